The minimum Gasteiger partial charge on any atom is -0.385 e. The quantitative estimate of drug-likeness (QED) is 0.621. The van der Waals surface area contributed by atoms with Crippen molar-refractivity contribution in [2.75, 3.05) is 11.9 Å². The number of carbonyl (C=O) groups excluding carboxylic acids is 2. The van der Waals surface area contributed by atoms with Gasteiger partial charge >= 0.3 is 0 Å². The first-order chi connectivity index (χ1) is 11.5. The molecular formula is C18H25N3O3. The second-order valence-corrected chi connectivity index (χ2v) is 6.11. The molecule has 1 aliphatic carbocycles. The Kier molecular flexibility index (Phi) is 6.78. The number of oxime groups is 1. The molecular weight excluding hydrogens is 306 g/mol. The molecule has 0 aliphatic heterocycles. The molecule has 1 aromatic carbocycles. The summed E-state index contributed by atoms with van der Waals surface area (Å²) >= 11 is 0. The molecule has 2 rings (SSSR count). The van der Waals surface area contributed by atoms with E-state index in [1.807, 2.05) is 19.1 Å². The van der Waals surface area contributed by atoms with Crippen molar-refractivity contribution in [3.8, 4) is 0 Å². The average Bonchev–Trinajstić information content (AvgIpc) is 2.55. The Morgan fingerprint density at radius 1 is 1.12 bits per heavy atom. The maximum Gasteiger partial charge on any atom is 0.260 e. The molecule has 0 saturated heterocycles. The maximum atomic E-state index is 11.8. The summed E-state index contributed by atoms with van der Waals surface area (Å²) in [5.74, 6) is -0.236. The van der Waals surface area contributed by atoms with Gasteiger partial charge in [-0.25, -0.2) is 0 Å². The van der Waals surface area contributed by atoms with E-state index in [0.717, 1.165) is 24.1 Å². The highest BCUT2D eigenvalue weighted by Crippen LogP contribution is 2.17. The Morgan fingerprint density at radius 2 is 1.79 bits per heavy atom. The van der Waals surface area contributed by atoms with E-state index < -0.39 is 0 Å². The normalized spacial score (nSPS) is 15.7. The zero-order valence-electron chi connectivity index (χ0n) is 14.3. The average molecular weight is 331 g/mol. The number of amides is 2. The topological polar surface area (TPSA) is 79.8 Å². The first-order valence-electron chi connectivity index (χ1n) is 8.38. The number of rotatable bonds is 6. The van der Waals surface area contributed by atoms with Crippen LogP contribution >= 0.6 is 0 Å². The summed E-state index contributed by atoms with van der Waals surface area (Å²) < 4.78 is 0. The highest BCUT2D eigenvalue weighted by atomic mass is 16.6. The molecule has 2 N–H and O–H groups in total. The van der Waals surface area contributed by atoms with E-state index in [1.54, 1.807) is 12.1 Å². The van der Waals surface area contributed by atoms with E-state index in [4.69, 9.17) is 4.84 Å². The van der Waals surface area contributed by atoms with Crippen molar-refractivity contribution >= 4 is 23.2 Å². The largest absolute Gasteiger partial charge is 0.385 e. The van der Waals surface area contributed by atoms with Crippen LogP contribution in [-0.2, 0) is 14.4 Å². The maximum absolute atomic E-state index is 11.8. The van der Waals surface area contributed by atoms with E-state index in [-0.39, 0.29) is 24.5 Å². The van der Waals surface area contributed by atoms with E-state index in [9.17, 15) is 9.59 Å². The van der Waals surface area contributed by atoms with Crippen LogP contribution in [-0.4, -0.2) is 30.2 Å². The number of nitrogens with zero attached hydrogens (tertiary/aromatic N) is 1. The molecule has 0 atom stereocenters. The SMILES string of the molecule is CC(=O)Nc1ccc(C(C)=NOCC(=O)NC2CCCCC2)cc1. The van der Waals surface area contributed by atoms with Crippen molar-refractivity contribution in [3.05, 3.63) is 29.8 Å². The first kappa shape index (κ1) is 18.0. The third-order valence-electron chi connectivity index (χ3n) is 3.99. The van der Waals surface area contributed by atoms with E-state index in [0.29, 0.717) is 5.71 Å². The van der Waals surface area contributed by atoms with Gasteiger partial charge in [-0.3, -0.25) is 9.59 Å². The molecule has 6 heteroatoms. The second-order valence-electron chi connectivity index (χ2n) is 6.11. The van der Waals surface area contributed by atoms with Crippen LogP contribution in [0.15, 0.2) is 29.4 Å². The third kappa shape index (κ3) is 6.02. The van der Waals surface area contributed by atoms with Gasteiger partial charge in [0.05, 0.1) is 5.71 Å². The third-order valence-corrected chi connectivity index (χ3v) is 3.99. The molecule has 0 aromatic heterocycles. The van der Waals surface area contributed by atoms with Gasteiger partial charge in [-0.05, 0) is 37.5 Å². The van der Waals surface area contributed by atoms with Crippen LogP contribution < -0.4 is 10.6 Å². The van der Waals surface area contributed by atoms with Crippen LogP contribution in [0.1, 0.15) is 51.5 Å². The van der Waals surface area contributed by atoms with Gasteiger partial charge in [0.1, 0.15) is 0 Å². The van der Waals surface area contributed by atoms with Gasteiger partial charge in [0, 0.05) is 18.7 Å². The summed E-state index contributed by atoms with van der Waals surface area (Å²) in [5, 5.41) is 9.68. The Hall–Kier alpha value is -2.37. The number of carbonyl (C=O) groups is 2. The van der Waals surface area contributed by atoms with Crippen molar-refractivity contribution < 1.29 is 14.4 Å². The zero-order chi connectivity index (χ0) is 17.4. The molecule has 1 saturated carbocycles. The Balaban J connectivity index is 1.78. The lowest BCUT2D eigenvalue weighted by atomic mass is 9.95. The second kappa shape index (κ2) is 9.05. The van der Waals surface area contributed by atoms with Gasteiger partial charge in [-0.15, -0.1) is 0 Å². The molecule has 24 heavy (non-hydrogen) atoms. The van der Waals surface area contributed by atoms with E-state index in [2.05, 4.69) is 15.8 Å². The molecule has 0 radical (unpaired) electrons. The van der Waals surface area contributed by atoms with Crippen LogP contribution in [0.3, 0.4) is 0 Å². The summed E-state index contributed by atoms with van der Waals surface area (Å²) in [7, 11) is 0. The lowest BCUT2D eigenvalue weighted by Crippen LogP contribution is -2.38. The Bertz CT molecular complexity index is 590. The van der Waals surface area contributed by atoms with E-state index in [1.165, 1.54) is 26.2 Å². The predicted molar refractivity (Wildman–Crippen MR) is 93.9 cm³/mol. The molecule has 2 amide bonds. The highest BCUT2D eigenvalue weighted by molar-refractivity contribution is 5.99. The van der Waals surface area contributed by atoms with Crippen molar-refractivity contribution in [2.45, 2.75) is 52.0 Å². The lowest BCUT2D eigenvalue weighted by Gasteiger charge is -2.22. The molecule has 0 bridgehead atoms. The molecule has 1 aromatic rings. The number of nitrogens with one attached hydrogen (secondary N) is 2. The van der Waals surface area contributed by atoms with Crippen LogP contribution in [0.25, 0.3) is 0 Å². The zero-order valence-corrected chi connectivity index (χ0v) is 14.3. The van der Waals surface area contributed by atoms with Crippen molar-refractivity contribution in [1.29, 1.82) is 0 Å². The van der Waals surface area contributed by atoms with Crippen LogP contribution in [0, 0.1) is 0 Å². The first-order valence-corrected chi connectivity index (χ1v) is 8.38. The van der Waals surface area contributed by atoms with E-state index >= 15 is 0 Å². The number of benzene rings is 1. The van der Waals surface area contributed by atoms with Crippen LogP contribution in [0.4, 0.5) is 5.69 Å². The number of anilines is 1. The number of hydrogen-bond donors (Lipinski definition) is 2. The Morgan fingerprint density at radius 3 is 2.42 bits per heavy atom. The summed E-state index contributed by atoms with van der Waals surface area (Å²) in [6.45, 7) is 3.21. The molecule has 6 nitrogen and oxygen atoms in total. The fourth-order valence-electron chi connectivity index (χ4n) is 2.75. The van der Waals surface area contributed by atoms with Crippen molar-refractivity contribution in [3.63, 3.8) is 0 Å². The van der Waals surface area contributed by atoms with Gasteiger partial charge in [0.15, 0.2) is 6.61 Å². The molecule has 1 aliphatic rings. The van der Waals surface area contributed by atoms with Gasteiger partial charge < -0.3 is 15.5 Å². The molecule has 130 valence electrons. The highest BCUT2D eigenvalue weighted by Gasteiger charge is 2.15. The minimum absolute atomic E-state index is 0.0716. The molecule has 0 spiro atoms. The summed E-state index contributed by atoms with van der Waals surface area (Å²) in [6.07, 6.45) is 5.71. The van der Waals surface area contributed by atoms with Gasteiger partial charge in [0.25, 0.3) is 5.91 Å². The van der Waals surface area contributed by atoms with Gasteiger partial charge in [-0.1, -0.05) is 36.6 Å². The minimum atomic E-state index is -0.126. The van der Waals surface area contributed by atoms with Crippen molar-refractivity contribution in [2.24, 2.45) is 5.16 Å². The molecule has 1 fully saturated rings. The fourth-order valence-corrected chi connectivity index (χ4v) is 2.75. The predicted octanol–water partition coefficient (Wildman–Crippen LogP) is 2.83. The van der Waals surface area contributed by atoms with Crippen LogP contribution in [0.2, 0.25) is 0 Å². The standard InChI is InChI=1S/C18H25N3O3/c1-13(15-8-10-17(11-9-15)19-14(2)22)21-24-12-18(23)20-16-6-4-3-5-7-16/h8-11,16H,3-7,12H2,1-2H3,(H,19,22)(H,20,23). The molecule has 0 unspecified atom stereocenters. The Labute approximate surface area is 142 Å². The summed E-state index contributed by atoms with van der Waals surface area (Å²) in [4.78, 5) is 28.0. The monoisotopic (exact) mass is 331 g/mol. The smallest absolute Gasteiger partial charge is 0.260 e. The van der Waals surface area contributed by atoms with Crippen molar-refractivity contribution in [1.82, 2.24) is 5.32 Å². The van der Waals surface area contributed by atoms with Crippen LogP contribution in [0.5, 0.6) is 0 Å². The van der Waals surface area contributed by atoms with Gasteiger partial charge in [-0.2, -0.15) is 0 Å². The summed E-state index contributed by atoms with van der Waals surface area (Å²) in [6, 6.07) is 7.56. The van der Waals surface area contributed by atoms with Gasteiger partial charge in [0.2, 0.25) is 5.91 Å². The fraction of sp³-hybridized carbons (Fsp3) is 0.500. The molecule has 0 heterocycles. The summed E-state index contributed by atoms with van der Waals surface area (Å²) in [5.41, 5.74) is 2.28. The lowest BCUT2D eigenvalue weighted by molar-refractivity contribution is -0.126. The number of hydrogen-bond acceptors (Lipinski definition) is 4.